The minimum atomic E-state index is -1.05. The second kappa shape index (κ2) is 5.55. The van der Waals surface area contributed by atoms with E-state index in [4.69, 9.17) is 9.76 Å². The molecule has 0 spiro atoms. The van der Waals surface area contributed by atoms with Crippen molar-refractivity contribution in [2.45, 2.75) is 32.6 Å². The van der Waals surface area contributed by atoms with Gasteiger partial charge in [-0.3, -0.25) is 0 Å². The summed E-state index contributed by atoms with van der Waals surface area (Å²) in [6, 6.07) is 6.94. The van der Waals surface area contributed by atoms with Crippen molar-refractivity contribution in [2.24, 2.45) is 0 Å². The predicted molar refractivity (Wildman–Crippen MR) is 72.4 cm³/mol. The third-order valence-corrected chi connectivity index (χ3v) is 4.12. The van der Waals surface area contributed by atoms with E-state index in [0.29, 0.717) is 0 Å². The van der Waals surface area contributed by atoms with Gasteiger partial charge in [0.2, 0.25) is 0 Å². The third kappa shape index (κ3) is 4.41. The van der Waals surface area contributed by atoms with E-state index in [1.165, 1.54) is 0 Å². The Kier molecular flexibility index (Phi) is 4.62. The first-order valence-electron chi connectivity index (χ1n) is 5.63. The van der Waals surface area contributed by atoms with Crippen LogP contribution in [0.15, 0.2) is 18.2 Å². The van der Waals surface area contributed by atoms with E-state index in [-0.39, 0.29) is 0 Å². The van der Waals surface area contributed by atoms with Gasteiger partial charge in [-0.25, -0.2) is 0 Å². The number of hydrogen-bond acceptors (Lipinski definition) is 2. The highest BCUT2D eigenvalue weighted by Gasteiger charge is 2.13. The topological polar surface area (TPSA) is 29.5 Å². The zero-order valence-corrected chi connectivity index (χ0v) is 11.6. The SMILES string of the molecule is Cc1ccc([B]O)c(OCC[Si](C)(C)C)c1. The van der Waals surface area contributed by atoms with Crippen molar-refractivity contribution in [1.29, 1.82) is 0 Å². The minimum Gasteiger partial charge on any atom is -0.494 e. The van der Waals surface area contributed by atoms with Crippen LogP contribution >= 0.6 is 0 Å². The lowest BCUT2D eigenvalue weighted by Crippen LogP contribution is -2.24. The molecule has 1 N–H and O–H groups in total. The van der Waals surface area contributed by atoms with E-state index < -0.39 is 8.07 Å². The van der Waals surface area contributed by atoms with Crippen LogP contribution < -0.4 is 10.2 Å². The van der Waals surface area contributed by atoms with Gasteiger partial charge in [0.15, 0.2) is 0 Å². The summed E-state index contributed by atoms with van der Waals surface area (Å²) < 4.78 is 5.73. The van der Waals surface area contributed by atoms with Crippen LogP contribution in [0, 0.1) is 6.92 Å². The Hall–Kier alpha value is -0.738. The van der Waals surface area contributed by atoms with Crippen LogP contribution in [-0.2, 0) is 0 Å². The molecule has 0 aliphatic rings. The highest BCUT2D eigenvalue weighted by Crippen LogP contribution is 2.13. The summed E-state index contributed by atoms with van der Waals surface area (Å²) in [4.78, 5) is 0. The molecule has 0 fully saturated rings. The molecule has 0 saturated heterocycles. The molecule has 2 nitrogen and oxygen atoms in total. The Morgan fingerprint density at radius 1 is 1.31 bits per heavy atom. The molecule has 87 valence electrons. The van der Waals surface area contributed by atoms with Crippen LogP contribution in [-0.4, -0.2) is 27.2 Å². The summed E-state index contributed by atoms with van der Waals surface area (Å²) in [6.07, 6.45) is 0. The summed E-state index contributed by atoms with van der Waals surface area (Å²) in [5.74, 6) is 0.778. The van der Waals surface area contributed by atoms with E-state index >= 15 is 0 Å². The van der Waals surface area contributed by atoms with Crippen molar-refractivity contribution in [2.75, 3.05) is 6.61 Å². The molecule has 1 rings (SSSR count). The maximum Gasteiger partial charge on any atom is 0.330 e. The van der Waals surface area contributed by atoms with Crippen molar-refractivity contribution < 1.29 is 9.76 Å². The van der Waals surface area contributed by atoms with Crippen LogP contribution in [0.4, 0.5) is 0 Å². The van der Waals surface area contributed by atoms with Crippen LogP contribution in [0.2, 0.25) is 25.7 Å². The van der Waals surface area contributed by atoms with Crippen molar-refractivity contribution in [3.63, 3.8) is 0 Å². The van der Waals surface area contributed by atoms with Crippen LogP contribution in [0.3, 0.4) is 0 Å². The molecule has 1 aromatic carbocycles. The normalized spacial score (nSPS) is 11.3. The number of rotatable bonds is 5. The molecule has 4 heteroatoms. The lowest BCUT2D eigenvalue weighted by Gasteiger charge is -2.17. The van der Waals surface area contributed by atoms with E-state index in [2.05, 4.69) is 19.6 Å². The molecule has 0 aromatic heterocycles. The van der Waals surface area contributed by atoms with Crippen LogP contribution in [0.5, 0.6) is 5.75 Å². The molecular formula is C12H20BO2Si. The first kappa shape index (κ1) is 13.3. The first-order chi connectivity index (χ1) is 7.42. The molecule has 0 aliphatic carbocycles. The largest absolute Gasteiger partial charge is 0.494 e. The van der Waals surface area contributed by atoms with Gasteiger partial charge in [0, 0.05) is 8.07 Å². The number of aryl methyl sites for hydroxylation is 1. The number of benzene rings is 1. The van der Waals surface area contributed by atoms with Crippen molar-refractivity contribution in [3.8, 4) is 5.75 Å². The summed E-state index contributed by atoms with van der Waals surface area (Å²) in [5, 5.41) is 9.07. The Morgan fingerprint density at radius 2 is 2.00 bits per heavy atom. The Bertz CT molecular complexity index is 347. The zero-order chi connectivity index (χ0) is 12.2. The molecule has 0 atom stereocenters. The molecule has 1 radical (unpaired) electrons. The molecule has 0 amide bonds. The van der Waals surface area contributed by atoms with Crippen LogP contribution in [0.1, 0.15) is 5.56 Å². The molecule has 0 heterocycles. The number of hydrogen-bond donors (Lipinski definition) is 1. The maximum atomic E-state index is 9.07. The van der Waals surface area contributed by atoms with E-state index in [9.17, 15) is 0 Å². The van der Waals surface area contributed by atoms with Gasteiger partial charge < -0.3 is 9.76 Å². The fourth-order valence-corrected chi connectivity index (χ4v) is 2.05. The van der Waals surface area contributed by atoms with Gasteiger partial charge in [-0.05, 0) is 30.1 Å². The fourth-order valence-electron chi connectivity index (χ4n) is 1.34. The van der Waals surface area contributed by atoms with Gasteiger partial charge in [0.05, 0.1) is 6.61 Å². The summed E-state index contributed by atoms with van der Waals surface area (Å²) in [5.41, 5.74) is 1.90. The van der Waals surface area contributed by atoms with Crippen molar-refractivity contribution in [3.05, 3.63) is 23.8 Å². The maximum absolute atomic E-state index is 9.07. The fraction of sp³-hybridized carbons (Fsp3) is 0.500. The molecule has 1 aromatic rings. The third-order valence-electron chi connectivity index (χ3n) is 2.42. The van der Waals surface area contributed by atoms with E-state index in [1.54, 1.807) is 0 Å². The van der Waals surface area contributed by atoms with Crippen molar-refractivity contribution >= 4 is 21.0 Å². The first-order valence-corrected chi connectivity index (χ1v) is 9.34. The molecule has 0 aliphatic heterocycles. The molecule has 0 unspecified atom stereocenters. The smallest absolute Gasteiger partial charge is 0.330 e. The highest BCUT2D eigenvalue weighted by atomic mass is 28.3. The predicted octanol–water partition coefficient (Wildman–Crippen LogP) is 1.95. The van der Waals surface area contributed by atoms with Gasteiger partial charge in [-0.15, -0.1) is 0 Å². The lowest BCUT2D eigenvalue weighted by molar-refractivity contribution is 0.340. The monoisotopic (exact) mass is 235 g/mol. The molecule has 0 bridgehead atoms. The average molecular weight is 235 g/mol. The minimum absolute atomic E-state index is 0.736. The van der Waals surface area contributed by atoms with Gasteiger partial charge in [0.1, 0.15) is 5.75 Å². The van der Waals surface area contributed by atoms with Crippen LogP contribution in [0.25, 0.3) is 0 Å². The van der Waals surface area contributed by atoms with E-state index in [0.717, 1.165) is 36.9 Å². The summed E-state index contributed by atoms with van der Waals surface area (Å²) in [6.45, 7) is 9.73. The van der Waals surface area contributed by atoms with Gasteiger partial charge in [-0.2, -0.15) is 0 Å². The van der Waals surface area contributed by atoms with Gasteiger partial charge >= 0.3 is 7.48 Å². The lowest BCUT2D eigenvalue weighted by atomic mass is 9.87. The zero-order valence-electron chi connectivity index (χ0n) is 10.6. The molecular weight excluding hydrogens is 215 g/mol. The quantitative estimate of drug-likeness (QED) is 0.790. The van der Waals surface area contributed by atoms with E-state index in [1.807, 2.05) is 25.1 Å². The second-order valence-electron chi connectivity index (χ2n) is 5.33. The number of ether oxygens (including phenoxy) is 1. The van der Waals surface area contributed by atoms with Gasteiger partial charge in [0.25, 0.3) is 0 Å². The Morgan fingerprint density at radius 3 is 2.56 bits per heavy atom. The summed E-state index contributed by atoms with van der Waals surface area (Å²) in [7, 11) is 0.0505. The Labute approximate surface area is 99.9 Å². The van der Waals surface area contributed by atoms with Crippen molar-refractivity contribution in [1.82, 2.24) is 0 Å². The summed E-state index contributed by atoms with van der Waals surface area (Å²) >= 11 is 0. The molecule has 16 heavy (non-hydrogen) atoms. The molecule has 0 saturated carbocycles. The Balaban J connectivity index is 2.62. The highest BCUT2D eigenvalue weighted by molar-refractivity contribution is 6.76. The second-order valence-corrected chi connectivity index (χ2v) is 11.0. The average Bonchev–Trinajstić information content (AvgIpc) is 2.16. The van der Waals surface area contributed by atoms with Gasteiger partial charge in [-0.1, -0.05) is 31.8 Å². The standard InChI is InChI=1S/C12H20BO2Si/c1-10-5-6-11(13-14)12(9-10)15-7-8-16(2,3)4/h5-6,9,14H,7-8H2,1-4H3.